The van der Waals surface area contributed by atoms with Crippen molar-refractivity contribution in [2.24, 2.45) is 0 Å². The van der Waals surface area contributed by atoms with Crippen LogP contribution < -0.4 is 9.47 Å². The number of hydrogen-bond acceptors (Lipinski definition) is 4. The first kappa shape index (κ1) is 30.3. The van der Waals surface area contributed by atoms with Gasteiger partial charge < -0.3 is 24.3 Å². The monoisotopic (exact) mass is 595 g/mol. The van der Waals surface area contributed by atoms with Crippen molar-refractivity contribution in [2.45, 2.75) is 25.8 Å². The Bertz CT molecular complexity index is 1630. The lowest BCUT2D eigenvalue weighted by Gasteiger charge is -2.07. The minimum absolute atomic E-state index is 0.0454. The van der Waals surface area contributed by atoms with Gasteiger partial charge >= 0.3 is 11.9 Å². The first-order valence-electron chi connectivity index (χ1n) is 13.1. The second-order valence-corrected chi connectivity index (χ2v) is 9.74. The smallest absolute Gasteiger partial charge is 0.323 e. The molecule has 0 amide bonds. The highest BCUT2D eigenvalue weighted by Gasteiger charge is 2.14. The summed E-state index contributed by atoms with van der Waals surface area (Å²) in [5, 5.41) is 19.0. The largest absolute Gasteiger partial charge is 0.490 e. The number of carboxylic acid groups (broad SMARTS) is 2. The van der Waals surface area contributed by atoms with Crippen LogP contribution in [0.15, 0.2) is 72.9 Å². The number of benzene rings is 3. The van der Waals surface area contributed by atoms with Crippen LogP contribution >= 0.6 is 11.6 Å². The van der Waals surface area contributed by atoms with E-state index in [1.54, 1.807) is 22.9 Å². The van der Waals surface area contributed by atoms with Crippen molar-refractivity contribution in [3.05, 3.63) is 106 Å². The van der Waals surface area contributed by atoms with Gasteiger partial charge in [-0.15, -0.1) is 0 Å². The Morgan fingerprint density at radius 2 is 1.67 bits per heavy atom. The number of fused-ring (bicyclic) bond motifs is 1. The third kappa shape index (κ3) is 8.20. The molecule has 0 fully saturated rings. The zero-order valence-corrected chi connectivity index (χ0v) is 23.2. The highest BCUT2D eigenvalue weighted by molar-refractivity contribution is 6.32. The van der Waals surface area contributed by atoms with E-state index in [0.717, 1.165) is 33.7 Å². The van der Waals surface area contributed by atoms with E-state index in [0.29, 0.717) is 24.7 Å². The Hall–Kier alpha value is -4.63. The Morgan fingerprint density at radius 1 is 0.929 bits per heavy atom. The molecule has 3 aromatic carbocycles. The molecule has 218 valence electrons. The van der Waals surface area contributed by atoms with E-state index in [-0.39, 0.29) is 37.0 Å². The maximum atomic E-state index is 13.5. The Labute approximate surface area is 245 Å². The summed E-state index contributed by atoms with van der Waals surface area (Å²) in [6.07, 6.45) is 10.0. The van der Waals surface area contributed by atoms with Crippen molar-refractivity contribution in [1.82, 2.24) is 4.57 Å². The number of aryl methyl sites for hydroxylation is 1. The second-order valence-electron chi connectivity index (χ2n) is 9.36. The van der Waals surface area contributed by atoms with Crippen molar-refractivity contribution in [2.75, 3.05) is 13.2 Å². The van der Waals surface area contributed by atoms with E-state index in [1.165, 1.54) is 0 Å². The van der Waals surface area contributed by atoms with Crippen LogP contribution in [0.1, 0.15) is 29.5 Å². The number of hydrogen-bond donors (Lipinski definition) is 2. The van der Waals surface area contributed by atoms with Gasteiger partial charge in [-0.2, -0.15) is 0 Å². The Morgan fingerprint density at radius 3 is 2.38 bits per heavy atom. The van der Waals surface area contributed by atoms with E-state index in [9.17, 15) is 23.5 Å². The molecule has 2 N–H and O–H groups in total. The minimum atomic E-state index is -0.966. The number of carboxylic acids is 2. The van der Waals surface area contributed by atoms with E-state index in [4.69, 9.17) is 26.2 Å². The number of rotatable bonds is 14. The van der Waals surface area contributed by atoms with Crippen LogP contribution in [0.25, 0.3) is 23.1 Å². The lowest BCUT2D eigenvalue weighted by Crippen LogP contribution is -2.07. The molecular formula is C32H28ClF2NO6. The summed E-state index contributed by atoms with van der Waals surface area (Å²) in [6, 6.07) is 14.8. The molecule has 7 nitrogen and oxygen atoms in total. The summed E-state index contributed by atoms with van der Waals surface area (Å²) in [4.78, 5) is 22.4. The third-order valence-electron chi connectivity index (χ3n) is 6.30. The Kier molecular flexibility index (Phi) is 10.3. The summed E-state index contributed by atoms with van der Waals surface area (Å²) in [7, 11) is 0. The molecule has 42 heavy (non-hydrogen) atoms. The normalized spacial score (nSPS) is 11.5. The van der Waals surface area contributed by atoms with Crippen molar-refractivity contribution < 1.29 is 38.1 Å². The average Bonchev–Trinajstić information content (AvgIpc) is 3.29. The van der Waals surface area contributed by atoms with Gasteiger partial charge in [-0.25, -0.2) is 8.78 Å². The van der Waals surface area contributed by atoms with Crippen LogP contribution in [0.3, 0.4) is 0 Å². The second kappa shape index (κ2) is 14.3. The van der Waals surface area contributed by atoms with Crippen molar-refractivity contribution in [1.29, 1.82) is 0 Å². The fourth-order valence-corrected chi connectivity index (χ4v) is 4.58. The van der Waals surface area contributed by atoms with Crippen LogP contribution in [-0.4, -0.2) is 39.9 Å². The maximum absolute atomic E-state index is 13.5. The van der Waals surface area contributed by atoms with Gasteiger partial charge in [0.15, 0.2) is 0 Å². The van der Waals surface area contributed by atoms with Gasteiger partial charge in [-0.05, 0) is 53.8 Å². The number of aromatic nitrogens is 1. The van der Waals surface area contributed by atoms with E-state index in [1.807, 2.05) is 54.6 Å². The SMILES string of the molecule is O=C(O)CCCc1cn(CC(=O)O)c2c(C=Cc3ccc(OCC=CCOc4cc(F)cc(F)c4Cl)cc3)cccc12. The minimum Gasteiger partial charge on any atom is -0.490 e. The van der Waals surface area contributed by atoms with Crippen LogP contribution in [0, 0.1) is 11.6 Å². The molecule has 0 aliphatic heterocycles. The fourth-order valence-electron chi connectivity index (χ4n) is 4.41. The number of carbonyl (C=O) groups is 2. The zero-order chi connectivity index (χ0) is 30.1. The summed E-state index contributed by atoms with van der Waals surface area (Å²) in [6.45, 7) is 0.104. The molecule has 0 radical (unpaired) electrons. The average molecular weight is 596 g/mol. The molecule has 1 aromatic heterocycles. The van der Waals surface area contributed by atoms with Gasteiger partial charge in [0.2, 0.25) is 0 Å². The molecule has 0 saturated heterocycles. The summed E-state index contributed by atoms with van der Waals surface area (Å²) in [5.74, 6) is -2.94. The van der Waals surface area contributed by atoms with E-state index >= 15 is 0 Å². The predicted octanol–water partition coefficient (Wildman–Crippen LogP) is 7.25. The summed E-state index contributed by atoms with van der Waals surface area (Å²) >= 11 is 5.77. The molecule has 0 spiro atoms. The van der Waals surface area contributed by atoms with Crippen LogP contribution in [0.2, 0.25) is 5.02 Å². The molecule has 0 atom stereocenters. The standard InChI is InChI=1S/C32H28ClF2NO6/c33-31-27(35)17-24(34)18-28(31)42-16-2-1-15-41-25-13-10-21(11-14-25)9-12-22-5-3-7-26-23(6-4-8-29(37)38)19-36(32(22)26)20-30(39)40/h1-3,5,7,9-14,17-19H,4,6,8,15-16,20H2,(H,37,38)(H,39,40). The van der Waals surface area contributed by atoms with Crippen LogP contribution in [-0.2, 0) is 22.6 Å². The predicted molar refractivity (Wildman–Crippen MR) is 157 cm³/mol. The first-order valence-corrected chi connectivity index (χ1v) is 13.5. The fraction of sp³-hybridized carbons (Fsp3) is 0.188. The topological polar surface area (TPSA) is 98.0 Å². The zero-order valence-electron chi connectivity index (χ0n) is 22.4. The highest BCUT2D eigenvalue weighted by atomic mass is 35.5. The quantitative estimate of drug-likeness (QED) is 0.0905. The number of para-hydroxylation sites is 1. The maximum Gasteiger partial charge on any atom is 0.323 e. The molecule has 0 aliphatic carbocycles. The molecule has 0 saturated carbocycles. The molecule has 4 aromatic rings. The van der Waals surface area contributed by atoms with E-state index < -0.39 is 23.6 Å². The molecule has 1 heterocycles. The molecule has 0 aliphatic rings. The number of aliphatic carboxylic acids is 2. The number of halogens is 3. The molecule has 4 rings (SSSR count). The number of ether oxygens (including phenoxy) is 2. The lowest BCUT2D eigenvalue weighted by atomic mass is 10.0. The van der Waals surface area contributed by atoms with Gasteiger partial charge in [0.1, 0.15) is 47.9 Å². The summed E-state index contributed by atoms with van der Waals surface area (Å²) < 4.78 is 39.5. The lowest BCUT2D eigenvalue weighted by molar-refractivity contribution is -0.138. The third-order valence-corrected chi connectivity index (χ3v) is 6.66. The van der Waals surface area contributed by atoms with Crippen molar-refractivity contribution in [3.63, 3.8) is 0 Å². The molecular weight excluding hydrogens is 568 g/mol. The van der Waals surface area contributed by atoms with Gasteiger partial charge in [0, 0.05) is 30.1 Å². The first-order chi connectivity index (χ1) is 20.2. The summed E-state index contributed by atoms with van der Waals surface area (Å²) in [5.41, 5.74) is 3.44. The molecule has 0 unspecified atom stereocenters. The van der Waals surface area contributed by atoms with E-state index in [2.05, 4.69) is 0 Å². The van der Waals surface area contributed by atoms with Crippen LogP contribution in [0.4, 0.5) is 8.78 Å². The molecule has 10 heteroatoms. The van der Waals surface area contributed by atoms with Gasteiger partial charge in [0.25, 0.3) is 0 Å². The van der Waals surface area contributed by atoms with Crippen molar-refractivity contribution >= 4 is 46.6 Å². The van der Waals surface area contributed by atoms with Gasteiger partial charge in [0.05, 0.1) is 5.52 Å². The Balaban J connectivity index is 1.37. The van der Waals surface area contributed by atoms with Crippen LogP contribution in [0.5, 0.6) is 11.5 Å². The number of nitrogens with zero attached hydrogens (tertiary/aromatic N) is 1. The molecule has 0 bridgehead atoms. The van der Waals surface area contributed by atoms with Gasteiger partial charge in [-0.3, -0.25) is 9.59 Å². The highest BCUT2D eigenvalue weighted by Crippen LogP contribution is 2.29. The van der Waals surface area contributed by atoms with Crippen molar-refractivity contribution in [3.8, 4) is 11.5 Å². The van der Waals surface area contributed by atoms with Gasteiger partial charge in [-0.1, -0.05) is 54.1 Å².